The van der Waals surface area contributed by atoms with Gasteiger partial charge in [0.05, 0.1) is 6.54 Å². The Morgan fingerprint density at radius 2 is 1.86 bits per heavy atom. The standard InChI is InChI=1S/C21H21ClN4O2/c1-15-5-7-16(8-6-15)21(27)26-11-9-25(10-12-26)14-19-23-20(28-24-19)17-3-2-4-18(22)13-17/h2-8,13H,9-12,14H2,1H3. The van der Waals surface area contributed by atoms with Gasteiger partial charge in [-0.15, -0.1) is 0 Å². The van der Waals surface area contributed by atoms with E-state index < -0.39 is 0 Å². The van der Waals surface area contributed by atoms with Crippen LogP contribution < -0.4 is 0 Å². The molecule has 2 heterocycles. The minimum Gasteiger partial charge on any atom is -0.336 e. The second-order valence-electron chi connectivity index (χ2n) is 6.96. The number of carbonyl (C=O) groups is 1. The maximum Gasteiger partial charge on any atom is 0.258 e. The first-order chi connectivity index (χ1) is 13.6. The highest BCUT2D eigenvalue weighted by atomic mass is 35.5. The largest absolute Gasteiger partial charge is 0.336 e. The Hall–Kier alpha value is -2.70. The van der Waals surface area contributed by atoms with E-state index in [9.17, 15) is 4.79 Å². The minimum atomic E-state index is 0.0856. The van der Waals surface area contributed by atoms with E-state index in [2.05, 4.69) is 15.0 Å². The lowest BCUT2D eigenvalue weighted by Crippen LogP contribution is -2.48. The van der Waals surface area contributed by atoms with E-state index in [0.29, 0.717) is 36.4 Å². The molecule has 0 radical (unpaired) electrons. The highest BCUT2D eigenvalue weighted by Crippen LogP contribution is 2.21. The van der Waals surface area contributed by atoms with E-state index in [-0.39, 0.29) is 5.91 Å². The van der Waals surface area contributed by atoms with Gasteiger partial charge < -0.3 is 9.42 Å². The van der Waals surface area contributed by atoms with Crippen LogP contribution in [0.1, 0.15) is 21.7 Å². The van der Waals surface area contributed by atoms with Crippen molar-refractivity contribution < 1.29 is 9.32 Å². The van der Waals surface area contributed by atoms with Gasteiger partial charge >= 0.3 is 0 Å². The number of amides is 1. The molecule has 1 aromatic heterocycles. The van der Waals surface area contributed by atoms with Crippen LogP contribution in [0.25, 0.3) is 11.5 Å². The number of aryl methyl sites for hydroxylation is 1. The van der Waals surface area contributed by atoms with Gasteiger partial charge in [0.15, 0.2) is 5.82 Å². The fourth-order valence-electron chi connectivity index (χ4n) is 3.24. The third-order valence-electron chi connectivity index (χ3n) is 4.86. The molecule has 3 aromatic rings. The summed E-state index contributed by atoms with van der Waals surface area (Å²) in [7, 11) is 0. The van der Waals surface area contributed by atoms with E-state index in [1.54, 1.807) is 12.1 Å². The molecule has 1 amide bonds. The van der Waals surface area contributed by atoms with E-state index in [1.807, 2.05) is 48.2 Å². The minimum absolute atomic E-state index is 0.0856. The zero-order valence-electron chi connectivity index (χ0n) is 15.6. The first-order valence-corrected chi connectivity index (χ1v) is 9.63. The number of rotatable bonds is 4. The smallest absolute Gasteiger partial charge is 0.258 e. The average molecular weight is 397 g/mol. The first-order valence-electron chi connectivity index (χ1n) is 9.25. The second-order valence-corrected chi connectivity index (χ2v) is 7.40. The number of carbonyl (C=O) groups excluding carboxylic acids is 1. The lowest BCUT2D eigenvalue weighted by Gasteiger charge is -2.34. The van der Waals surface area contributed by atoms with Crippen LogP contribution in [0.5, 0.6) is 0 Å². The molecular formula is C21H21ClN4O2. The van der Waals surface area contributed by atoms with Gasteiger partial charge in [-0.3, -0.25) is 9.69 Å². The Kier molecular flexibility index (Phi) is 5.41. The van der Waals surface area contributed by atoms with Crippen LogP contribution >= 0.6 is 11.6 Å². The Labute approximate surface area is 168 Å². The van der Waals surface area contributed by atoms with E-state index in [4.69, 9.17) is 16.1 Å². The van der Waals surface area contributed by atoms with Crippen LogP contribution in [-0.2, 0) is 6.54 Å². The summed E-state index contributed by atoms with van der Waals surface area (Å²) >= 11 is 6.02. The number of hydrogen-bond acceptors (Lipinski definition) is 5. The topological polar surface area (TPSA) is 62.5 Å². The predicted molar refractivity (Wildman–Crippen MR) is 107 cm³/mol. The van der Waals surface area contributed by atoms with Gasteiger partial charge in [0.1, 0.15) is 0 Å². The van der Waals surface area contributed by atoms with Gasteiger partial charge in [0.2, 0.25) is 0 Å². The molecule has 0 spiro atoms. The summed E-state index contributed by atoms with van der Waals surface area (Å²) in [5, 5.41) is 4.71. The Morgan fingerprint density at radius 3 is 2.57 bits per heavy atom. The summed E-state index contributed by atoms with van der Waals surface area (Å²) in [6.07, 6.45) is 0. The van der Waals surface area contributed by atoms with Crippen molar-refractivity contribution in [1.29, 1.82) is 0 Å². The molecule has 1 aliphatic rings. The van der Waals surface area contributed by atoms with Crippen molar-refractivity contribution in [3.63, 3.8) is 0 Å². The number of nitrogens with zero attached hydrogens (tertiary/aromatic N) is 4. The van der Waals surface area contributed by atoms with Gasteiger partial charge in [0.25, 0.3) is 11.8 Å². The molecular weight excluding hydrogens is 376 g/mol. The van der Waals surface area contributed by atoms with Crippen LogP contribution in [0.2, 0.25) is 5.02 Å². The van der Waals surface area contributed by atoms with Gasteiger partial charge in [-0.1, -0.05) is 40.5 Å². The van der Waals surface area contributed by atoms with Crippen LogP contribution in [0, 0.1) is 6.92 Å². The third-order valence-corrected chi connectivity index (χ3v) is 5.10. The van der Waals surface area contributed by atoms with Crippen molar-refractivity contribution in [2.45, 2.75) is 13.5 Å². The van der Waals surface area contributed by atoms with E-state index >= 15 is 0 Å². The molecule has 0 atom stereocenters. The summed E-state index contributed by atoms with van der Waals surface area (Å²) in [6, 6.07) is 15.1. The maximum absolute atomic E-state index is 12.6. The van der Waals surface area contributed by atoms with Crippen LogP contribution in [0.15, 0.2) is 53.1 Å². The summed E-state index contributed by atoms with van der Waals surface area (Å²) < 4.78 is 5.36. The summed E-state index contributed by atoms with van der Waals surface area (Å²) in [6.45, 7) is 5.54. The lowest BCUT2D eigenvalue weighted by atomic mass is 10.1. The zero-order chi connectivity index (χ0) is 19.5. The number of hydrogen-bond donors (Lipinski definition) is 0. The summed E-state index contributed by atoms with van der Waals surface area (Å²) in [5.41, 5.74) is 2.70. The Morgan fingerprint density at radius 1 is 1.11 bits per heavy atom. The number of aromatic nitrogens is 2. The summed E-state index contributed by atoms with van der Waals surface area (Å²) in [5.74, 6) is 1.18. The third kappa shape index (κ3) is 4.24. The van der Waals surface area contributed by atoms with E-state index in [1.165, 1.54) is 0 Å². The summed E-state index contributed by atoms with van der Waals surface area (Å²) in [4.78, 5) is 21.2. The Bertz CT molecular complexity index is 963. The molecule has 0 aliphatic carbocycles. The maximum atomic E-state index is 12.6. The SMILES string of the molecule is Cc1ccc(C(=O)N2CCN(Cc3noc(-c4cccc(Cl)c4)n3)CC2)cc1. The van der Waals surface area contributed by atoms with Gasteiger partial charge in [-0.25, -0.2) is 0 Å². The van der Waals surface area contributed by atoms with E-state index in [0.717, 1.165) is 29.8 Å². The molecule has 1 fully saturated rings. The highest BCUT2D eigenvalue weighted by molar-refractivity contribution is 6.30. The van der Waals surface area contributed by atoms with Crippen molar-refractivity contribution in [1.82, 2.24) is 19.9 Å². The fraction of sp³-hybridized carbons (Fsp3) is 0.286. The van der Waals surface area contributed by atoms with Crippen molar-refractivity contribution in [2.24, 2.45) is 0 Å². The molecule has 6 nitrogen and oxygen atoms in total. The molecule has 0 bridgehead atoms. The molecule has 7 heteroatoms. The van der Waals surface area contributed by atoms with Crippen LogP contribution in [0.4, 0.5) is 0 Å². The second kappa shape index (κ2) is 8.12. The van der Waals surface area contributed by atoms with Gasteiger partial charge in [0, 0.05) is 42.3 Å². The van der Waals surface area contributed by atoms with Crippen molar-refractivity contribution in [3.05, 3.63) is 70.5 Å². The molecule has 4 rings (SSSR count). The normalized spacial score (nSPS) is 15.0. The number of piperazine rings is 1. The predicted octanol–water partition coefficient (Wildman–Crippen LogP) is 3.66. The van der Waals surface area contributed by atoms with Gasteiger partial charge in [-0.05, 0) is 37.3 Å². The molecule has 2 aromatic carbocycles. The molecule has 0 unspecified atom stereocenters. The molecule has 1 aliphatic heterocycles. The Balaban J connectivity index is 1.33. The molecule has 28 heavy (non-hydrogen) atoms. The van der Waals surface area contributed by atoms with Crippen molar-refractivity contribution in [3.8, 4) is 11.5 Å². The molecule has 0 N–H and O–H groups in total. The van der Waals surface area contributed by atoms with Crippen molar-refractivity contribution >= 4 is 17.5 Å². The van der Waals surface area contributed by atoms with Crippen LogP contribution in [-0.4, -0.2) is 52.0 Å². The average Bonchev–Trinajstić information content (AvgIpc) is 3.17. The quantitative estimate of drug-likeness (QED) is 0.673. The lowest BCUT2D eigenvalue weighted by molar-refractivity contribution is 0.0624. The van der Waals surface area contributed by atoms with Crippen LogP contribution in [0.3, 0.4) is 0 Å². The van der Waals surface area contributed by atoms with Gasteiger partial charge in [-0.2, -0.15) is 4.98 Å². The van der Waals surface area contributed by atoms with Crippen molar-refractivity contribution in [2.75, 3.05) is 26.2 Å². The fourth-order valence-corrected chi connectivity index (χ4v) is 3.44. The number of benzene rings is 2. The molecule has 1 saturated heterocycles. The first kappa shape index (κ1) is 18.7. The highest BCUT2D eigenvalue weighted by Gasteiger charge is 2.23. The zero-order valence-corrected chi connectivity index (χ0v) is 16.4. The number of halogens is 1. The molecule has 0 saturated carbocycles. The monoisotopic (exact) mass is 396 g/mol. The molecule has 144 valence electrons.